The Kier molecular flexibility index (Phi) is 5.08. The molecule has 2 atom stereocenters. The molecule has 3 heterocycles. The van der Waals surface area contributed by atoms with E-state index in [0.717, 1.165) is 6.42 Å². The Morgan fingerprint density at radius 2 is 1.96 bits per heavy atom. The van der Waals surface area contributed by atoms with Crippen LogP contribution in [-0.4, -0.2) is 62.9 Å². The minimum atomic E-state index is -3.69. The highest BCUT2D eigenvalue weighted by atomic mass is 32.2. The summed E-state index contributed by atoms with van der Waals surface area (Å²) >= 11 is 0. The molecular weight excluding hydrogens is 342 g/mol. The normalized spacial score (nSPS) is 24.2. The van der Waals surface area contributed by atoms with Crippen LogP contribution in [0.15, 0.2) is 29.2 Å². The van der Waals surface area contributed by atoms with Crippen molar-refractivity contribution in [2.75, 3.05) is 33.4 Å². The first-order valence-electron chi connectivity index (χ1n) is 8.27. The van der Waals surface area contributed by atoms with Crippen molar-refractivity contribution in [3.63, 3.8) is 0 Å². The van der Waals surface area contributed by atoms with E-state index in [9.17, 15) is 13.2 Å². The van der Waals surface area contributed by atoms with E-state index in [1.54, 1.807) is 12.0 Å². The molecule has 1 aromatic rings. The molecule has 4 rings (SSSR count). The number of hydrogen-bond donors (Lipinski definition) is 0. The number of amides is 1. The predicted octanol–water partition coefficient (Wildman–Crippen LogP) is 0.816. The molecule has 1 aromatic carbocycles. The lowest BCUT2D eigenvalue weighted by atomic mass is 9.94. The number of benzene rings is 1. The number of carbonyl (C=O) groups excluding carboxylic acids is 1. The first-order chi connectivity index (χ1) is 12.0. The lowest BCUT2D eigenvalue weighted by Gasteiger charge is -2.35. The Bertz CT molecular complexity index is 785. The average Bonchev–Trinajstić information content (AvgIpc) is 2.92. The second kappa shape index (κ2) is 7.12. The first-order valence-corrected chi connectivity index (χ1v) is 9.71. The van der Waals surface area contributed by atoms with Crippen LogP contribution in [0.4, 0.5) is 0 Å². The summed E-state index contributed by atoms with van der Waals surface area (Å²) in [6, 6.07) is 7.75. The number of nitriles is 1. The van der Waals surface area contributed by atoms with Crippen LogP contribution >= 0.6 is 0 Å². The third-order valence-corrected chi connectivity index (χ3v) is 6.76. The maximum absolute atomic E-state index is 13.0. The van der Waals surface area contributed by atoms with Gasteiger partial charge < -0.3 is 9.64 Å². The van der Waals surface area contributed by atoms with Crippen molar-refractivity contribution >= 4 is 15.9 Å². The Balaban J connectivity index is 1.86. The van der Waals surface area contributed by atoms with Gasteiger partial charge in [-0.15, -0.1) is 0 Å². The number of carbonyl (C=O) groups is 1. The maximum atomic E-state index is 13.0. The molecule has 0 aliphatic carbocycles. The summed E-state index contributed by atoms with van der Waals surface area (Å²) in [7, 11) is -2.10. The van der Waals surface area contributed by atoms with Gasteiger partial charge in [0.2, 0.25) is 15.9 Å². The molecule has 1 amide bonds. The molecule has 8 heteroatoms. The van der Waals surface area contributed by atoms with Crippen LogP contribution in [0.1, 0.15) is 18.4 Å². The second-order valence-corrected chi connectivity index (χ2v) is 8.35. The highest BCUT2D eigenvalue weighted by Gasteiger charge is 2.43. The molecule has 3 aliphatic heterocycles. The fraction of sp³-hybridized carbons (Fsp3) is 0.529. The zero-order chi connectivity index (χ0) is 18.0. The van der Waals surface area contributed by atoms with Gasteiger partial charge in [0.05, 0.1) is 29.1 Å². The fourth-order valence-corrected chi connectivity index (χ4v) is 5.05. The number of nitrogens with zero attached hydrogens (tertiary/aromatic N) is 3. The minimum absolute atomic E-state index is 0.0193. The molecule has 134 valence electrons. The summed E-state index contributed by atoms with van der Waals surface area (Å²) in [5.74, 6) is -0.283. The van der Waals surface area contributed by atoms with Gasteiger partial charge in [0, 0.05) is 32.8 Å². The van der Waals surface area contributed by atoms with E-state index in [2.05, 4.69) is 0 Å². The smallest absolute Gasteiger partial charge is 0.243 e. The summed E-state index contributed by atoms with van der Waals surface area (Å²) in [4.78, 5) is 14.5. The van der Waals surface area contributed by atoms with Crippen molar-refractivity contribution in [1.82, 2.24) is 9.21 Å². The zero-order valence-corrected chi connectivity index (χ0v) is 14.9. The third kappa shape index (κ3) is 3.40. The number of rotatable bonds is 5. The van der Waals surface area contributed by atoms with Crippen LogP contribution < -0.4 is 0 Å². The zero-order valence-electron chi connectivity index (χ0n) is 14.1. The topological polar surface area (TPSA) is 90.7 Å². The molecule has 3 saturated heterocycles. The summed E-state index contributed by atoms with van der Waals surface area (Å²) in [6.07, 6.45) is 1.52. The molecule has 25 heavy (non-hydrogen) atoms. The third-order valence-electron chi connectivity index (χ3n) is 4.92. The number of sulfonamides is 1. The van der Waals surface area contributed by atoms with E-state index in [1.165, 1.54) is 28.6 Å². The van der Waals surface area contributed by atoms with E-state index < -0.39 is 10.0 Å². The van der Waals surface area contributed by atoms with Gasteiger partial charge in [-0.2, -0.15) is 9.57 Å². The molecule has 0 saturated carbocycles. The van der Waals surface area contributed by atoms with Crippen molar-refractivity contribution in [1.29, 1.82) is 5.26 Å². The van der Waals surface area contributed by atoms with Crippen molar-refractivity contribution in [2.24, 2.45) is 5.92 Å². The van der Waals surface area contributed by atoms with E-state index in [1.807, 2.05) is 6.07 Å². The van der Waals surface area contributed by atoms with Crippen molar-refractivity contribution in [3.05, 3.63) is 29.8 Å². The first kappa shape index (κ1) is 17.9. The van der Waals surface area contributed by atoms with Crippen LogP contribution in [0.5, 0.6) is 0 Å². The van der Waals surface area contributed by atoms with E-state index in [4.69, 9.17) is 10.00 Å². The Morgan fingerprint density at radius 1 is 1.24 bits per heavy atom. The molecule has 7 nitrogen and oxygen atoms in total. The Labute approximate surface area is 147 Å². The molecule has 0 N–H and O–H groups in total. The second-order valence-electron chi connectivity index (χ2n) is 6.41. The summed E-state index contributed by atoms with van der Waals surface area (Å²) in [6.45, 7) is 1.44. The number of piperidine rings is 1. The summed E-state index contributed by atoms with van der Waals surface area (Å²) < 4.78 is 32.4. The quantitative estimate of drug-likeness (QED) is 0.772. The van der Waals surface area contributed by atoms with Gasteiger partial charge >= 0.3 is 0 Å². The van der Waals surface area contributed by atoms with Gasteiger partial charge in [-0.05, 0) is 37.1 Å². The van der Waals surface area contributed by atoms with Gasteiger partial charge in [-0.1, -0.05) is 0 Å². The minimum Gasteiger partial charge on any atom is -0.383 e. The number of hydrogen-bond acceptors (Lipinski definition) is 5. The van der Waals surface area contributed by atoms with Crippen molar-refractivity contribution < 1.29 is 17.9 Å². The molecule has 0 aromatic heterocycles. The van der Waals surface area contributed by atoms with Crippen LogP contribution in [0.25, 0.3) is 0 Å². The molecule has 0 unspecified atom stereocenters. The SMILES string of the molecule is COCCN1C(=O)[C@H]2CC[C@@H]1CN(S(=O)(=O)c1ccc(C#N)cc1)C2. The predicted molar refractivity (Wildman–Crippen MR) is 90.0 cm³/mol. The van der Waals surface area contributed by atoms with E-state index >= 15 is 0 Å². The lowest BCUT2D eigenvalue weighted by molar-refractivity contribution is -0.140. The fourth-order valence-electron chi connectivity index (χ4n) is 3.53. The maximum Gasteiger partial charge on any atom is 0.243 e. The number of ether oxygens (including phenoxy) is 1. The van der Waals surface area contributed by atoms with Gasteiger partial charge in [-0.25, -0.2) is 8.42 Å². The van der Waals surface area contributed by atoms with Gasteiger partial charge in [0.25, 0.3) is 0 Å². The van der Waals surface area contributed by atoms with Gasteiger partial charge in [0.15, 0.2) is 0 Å². The Hall–Kier alpha value is -1.95. The lowest BCUT2D eigenvalue weighted by Crippen LogP contribution is -2.49. The van der Waals surface area contributed by atoms with Gasteiger partial charge in [0.1, 0.15) is 0 Å². The van der Waals surface area contributed by atoms with Crippen molar-refractivity contribution in [3.8, 4) is 6.07 Å². The molecule has 0 spiro atoms. The standard InChI is InChI=1S/C17H21N3O4S/c1-24-9-8-20-15-5-4-14(17(20)21)11-19(12-15)25(22,23)16-6-2-13(10-18)3-7-16/h2-3,6-7,14-15H,4-5,8-9,11-12H2,1H3/t14-,15+/m0/s1. The molecule has 3 fully saturated rings. The van der Waals surface area contributed by atoms with E-state index in [0.29, 0.717) is 31.7 Å². The summed E-state index contributed by atoms with van der Waals surface area (Å²) in [5.41, 5.74) is 0.413. The highest BCUT2D eigenvalue weighted by Crippen LogP contribution is 2.31. The van der Waals surface area contributed by atoms with Crippen molar-refractivity contribution in [2.45, 2.75) is 23.8 Å². The number of methoxy groups -OCH3 is 1. The molecule has 2 bridgehead atoms. The molecule has 3 aliphatic rings. The van der Waals surface area contributed by atoms with Crippen LogP contribution in [-0.2, 0) is 19.6 Å². The molecule has 0 radical (unpaired) electrons. The van der Waals surface area contributed by atoms with Crippen LogP contribution in [0.2, 0.25) is 0 Å². The largest absolute Gasteiger partial charge is 0.383 e. The Morgan fingerprint density at radius 3 is 2.60 bits per heavy atom. The average molecular weight is 363 g/mol. The monoisotopic (exact) mass is 363 g/mol. The van der Waals surface area contributed by atoms with Gasteiger partial charge in [-0.3, -0.25) is 4.79 Å². The van der Waals surface area contributed by atoms with Crippen LogP contribution in [0.3, 0.4) is 0 Å². The molecular formula is C17H21N3O4S. The summed E-state index contributed by atoms with van der Waals surface area (Å²) in [5, 5.41) is 8.86. The van der Waals surface area contributed by atoms with Crippen LogP contribution in [0, 0.1) is 17.2 Å². The number of fused-ring (bicyclic) bond motifs is 4. The van der Waals surface area contributed by atoms with E-state index in [-0.39, 0.29) is 29.3 Å². The highest BCUT2D eigenvalue weighted by molar-refractivity contribution is 7.89.